The van der Waals surface area contributed by atoms with E-state index in [0.717, 1.165) is 77.0 Å². The van der Waals surface area contributed by atoms with Crippen molar-refractivity contribution in [2.75, 3.05) is 26.4 Å². The lowest BCUT2D eigenvalue weighted by atomic mass is 10.0. The van der Waals surface area contributed by atoms with E-state index < -0.39 is 32.5 Å². The number of allylic oxidation sites excluding steroid dienone is 18. The van der Waals surface area contributed by atoms with Gasteiger partial charge in [-0.3, -0.25) is 18.6 Å². The van der Waals surface area contributed by atoms with E-state index in [9.17, 15) is 19.0 Å². The second-order valence-electron chi connectivity index (χ2n) is 25.5. The summed E-state index contributed by atoms with van der Waals surface area (Å²) in [7, 11) is -4.42. The van der Waals surface area contributed by atoms with E-state index in [1.54, 1.807) is 0 Å². The molecule has 0 heterocycles. The predicted molar refractivity (Wildman–Crippen MR) is 395 cm³/mol. The van der Waals surface area contributed by atoms with Crippen LogP contribution in [0, 0.1) is 0 Å². The monoisotopic (exact) mass is 1290 g/mol. The van der Waals surface area contributed by atoms with Gasteiger partial charge in [-0.05, 0) is 77.0 Å². The molecule has 3 N–H and O–H groups in total. The Labute approximate surface area is 562 Å². The Hall–Kier alpha value is -3.33. The zero-order valence-electron chi connectivity index (χ0n) is 59.3. The maximum absolute atomic E-state index is 12.7. The van der Waals surface area contributed by atoms with Crippen molar-refractivity contribution in [2.45, 2.75) is 367 Å². The number of phosphoric ester groups is 1. The van der Waals surface area contributed by atoms with Crippen LogP contribution in [0.5, 0.6) is 0 Å². The van der Waals surface area contributed by atoms with Crippen LogP contribution in [0.2, 0.25) is 0 Å². The number of nitrogens with two attached hydrogens (primary N) is 1. The number of esters is 2. The first kappa shape index (κ1) is 87.7. The molecule has 0 amide bonds. The number of unbranched alkanes of at least 4 members (excludes halogenated alkanes) is 41. The molecule has 91 heavy (non-hydrogen) atoms. The molecule has 10 heteroatoms. The lowest BCUT2D eigenvalue weighted by Gasteiger charge is -2.19. The first-order valence-electron chi connectivity index (χ1n) is 38.4. The van der Waals surface area contributed by atoms with Crippen LogP contribution in [0.3, 0.4) is 0 Å². The minimum absolute atomic E-state index is 0.0398. The SMILES string of the molecule is CC/C=C\C/C=C\C/C=C\C/C=C\C/C=C\C/C=C\C/C=C\C/C=C\C/C=C\CCCC(=O)OC(COC(=O)CCCCCCCCCCCCCCCCCCCCCCCCCCCCCCCCCCCCCCCCCCC)COP(=O)(O)OCCN. The molecule has 0 rings (SSSR count). The third-order valence-electron chi connectivity index (χ3n) is 16.7. The molecule has 0 bridgehead atoms. The Kier molecular flexibility index (Phi) is 72.9. The van der Waals surface area contributed by atoms with Gasteiger partial charge < -0.3 is 20.1 Å². The van der Waals surface area contributed by atoms with Gasteiger partial charge in [0.15, 0.2) is 6.10 Å². The maximum Gasteiger partial charge on any atom is 0.472 e. The van der Waals surface area contributed by atoms with Crippen molar-refractivity contribution in [3.8, 4) is 0 Å². The molecule has 0 aliphatic carbocycles. The molecular weight excluding hydrogens is 1150 g/mol. The number of hydrogen-bond donors (Lipinski definition) is 2. The molecule has 2 unspecified atom stereocenters. The van der Waals surface area contributed by atoms with Crippen molar-refractivity contribution >= 4 is 19.8 Å². The highest BCUT2D eigenvalue weighted by Crippen LogP contribution is 2.43. The van der Waals surface area contributed by atoms with E-state index >= 15 is 0 Å². The van der Waals surface area contributed by atoms with Gasteiger partial charge in [-0.1, -0.05) is 380 Å². The fourth-order valence-electron chi connectivity index (χ4n) is 11.1. The Bertz CT molecular complexity index is 1860. The molecule has 0 fully saturated rings. The molecule has 0 aromatic rings. The zero-order valence-corrected chi connectivity index (χ0v) is 60.2. The third kappa shape index (κ3) is 75.6. The summed E-state index contributed by atoms with van der Waals surface area (Å²) in [6.45, 7) is 3.60. The summed E-state index contributed by atoms with van der Waals surface area (Å²) in [6, 6.07) is 0. The van der Waals surface area contributed by atoms with E-state index in [-0.39, 0.29) is 32.6 Å². The number of hydrogen-bond acceptors (Lipinski definition) is 8. The molecule has 9 nitrogen and oxygen atoms in total. The lowest BCUT2D eigenvalue weighted by Crippen LogP contribution is -2.29. The summed E-state index contributed by atoms with van der Waals surface area (Å²) in [5, 5.41) is 0. The molecule has 0 saturated carbocycles. The van der Waals surface area contributed by atoms with Gasteiger partial charge >= 0.3 is 19.8 Å². The van der Waals surface area contributed by atoms with Gasteiger partial charge in [0.1, 0.15) is 6.61 Å². The van der Waals surface area contributed by atoms with Gasteiger partial charge in [-0.25, -0.2) is 4.57 Å². The van der Waals surface area contributed by atoms with E-state index in [2.05, 4.69) is 117 Å². The number of ether oxygens (including phenoxy) is 2. The fourth-order valence-corrected chi connectivity index (χ4v) is 11.8. The summed E-state index contributed by atoms with van der Waals surface area (Å²) in [5.74, 6) is -0.892. The van der Waals surface area contributed by atoms with Gasteiger partial charge in [0.2, 0.25) is 0 Å². The molecule has 0 spiro atoms. The quantitative estimate of drug-likeness (QED) is 0.0264. The van der Waals surface area contributed by atoms with E-state index in [4.69, 9.17) is 24.3 Å². The van der Waals surface area contributed by atoms with E-state index in [1.807, 2.05) is 6.08 Å². The Morgan fingerprint density at radius 3 is 0.890 bits per heavy atom. The summed E-state index contributed by atoms with van der Waals surface area (Å²) >= 11 is 0. The first-order chi connectivity index (χ1) is 44.8. The summed E-state index contributed by atoms with van der Waals surface area (Å²) in [6.07, 6.45) is 105. The molecule has 0 saturated heterocycles. The summed E-state index contributed by atoms with van der Waals surface area (Å²) < 4.78 is 33.1. The molecule has 0 aliphatic heterocycles. The van der Waals surface area contributed by atoms with Gasteiger partial charge in [-0.15, -0.1) is 0 Å². The van der Waals surface area contributed by atoms with Crippen LogP contribution in [0.4, 0.5) is 0 Å². The molecule has 0 aliphatic rings. The Balaban J connectivity index is 3.85. The Morgan fingerprint density at radius 2 is 0.604 bits per heavy atom. The van der Waals surface area contributed by atoms with Gasteiger partial charge in [0.25, 0.3) is 0 Å². The van der Waals surface area contributed by atoms with Crippen molar-refractivity contribution < 1.29 is 37.6 Å². The van der Waals surface area contributed by atoms with Crippen LogP contribution < -0.4 is 5.73 Å². The number of carbonyl (C=O) groups excluding carboxylic acids is 2. The largest absolute Gasteiger partial charge is 0.472 e. The van der Waals surface area contributed by atoms with Gasteiger partial charge in [0.05, 0.1) is 13.2 Å². The molecule has 0 aromatic carbocycles. The second-order valence-corrected chi connectivity index (χ2v) is 27.0. The lowest BCUT2D eigenvalue weighted by molar-refractivity contribution is -0.161. The van der Waals surface area contributed by atoms with Crippen molar-refractivity contribution in [1.82, 2.24) is 0 Å². The minimum Gasteiger partial charge on any atom is -0.462 e. The van der Waals surface area contributed by atoms with Crippen LogP contribution in [0.1, 0.15) is 361 Å². The normalized spacial score (nSPS) is 13.5. The predicted octanol–water partition coefficient (Wildman–Crippen LogP) is 25.6. The number of carbonyl (C=O) groups is 2. The van der Waals surface area contributed by atoms with E-state index in [1.165, 1.54) is 244 Å². The second kappa shape index (κ2) is 75.7. The average Bonchev–Trinajstić information content (AvgIpc) is 3.68. The molecule has 0 radical (unpaired) electrons. The first-order valence-corrected chi connectivity index (χ1v) is 39.9. The smallest absolute Gasteiger partial charge is 0.462 e. The van der Waals surface area contributed by atoms with Crippen LogP contribution in [0.15, 0.2) is 109 Å². The Morgan fingerprint density at radius 1 is 0.341 bits per heavy atom. The van der Waals surface area contributed by atoms with E-state index in [0.29, 0.717) is 12.8 Å². The van der Waals surface area contributed by atoms with Crippen molar-refractivity contribution in [3.05, 3.63) is 109 Å². The van der Waals surface area contributed by atoms with Crippen LogP contribution >= 0.6 is 7.82 Å². The minimum atomic E-state index is -4.42. The highest BCUT2D eigenvalue weighted by molar-refractivity contribution is 7.47. The van der Waals surface area contributed by atoms with Crippen LogP contribution in [0.25, 0.3) is 0 Å². The topological polar surface area (TPSA) is 134 Å². The third-order valence-corrected chi connectivity index (χ3v) is 17.7. The molecule has 526 valence electrons. The summed E-state index contributed by atoms with van der Waals surface area (Å²) in [5.41, 5.74) is 5.40. The van der Waals surface area contributed by atoms with Crippen molar-refractivity contribution in [1.29, 1.82) is 0 Å². The number of rotatable bonds is 72. The van der Waals surface area contributed by atoms with Crippen LogP contribution in [-0.4, -0.2) is 49.3 Å². The number of phosphoric acid groups is 1. The molecular formula is C81H144NO8P. The van der Waals surface area contributed by atoms with Gasteiger partial charge in [-0.2, -0.15) is 0 Å². The van der Waals surface area contributed by atoms with Crippen molar-refractivity contribution in [3.63, 3.8) is 0 Å². The fraction of sp³-hybridized carbons (Fsp3) is 0.753. The van der Waals surface area contributed by atoms with Gasteiger partial charge in [0, 0.05) is 19.4 Å². The maximum atomic E-state index is 12.7. The van der Waals surface area contributed by atoms with Crippen LogP contribution in [-0.2, 0) is 32.7 Å². The highest BCUT2D eigenvalue weighted by atomic mass is 31.2. The molecule has 2 atom stereocenters. The highest BCUT2D eigenvalue weighted by Gasteiger charge is 2.26. The average molecular weight is 1290 g/mol. The summed E-state index contributed by atoms with van der Waals surface area (Å²) in [4.78, 5) is 35.4. The molecule has 0 aromatic heterocycles. The standard InChI is InChI=1S/C81H144NO8P/c1-3-5-7-9-11-13-15-17-19-21-23-25-27-29-31-33-34-35-36-37-38-39-40-41-42-43-44-46-47-49-51-53-55-57-59-61-63-65-67-69-71-73-80(83)87-77-79(78-89-91(85,86)88-76-75-82)90-81(84)74-72-70-68-66-64-62-60-58-56-54-52-50-48-45-32-30-28-26-24-22-20-18-16-14-12-10-8-6-4-2/h6,8,12,14,18,20,24,26,30,32,48,50,54,56,60,62,66,68,79H,3-5,7,9-11,13,15-17,19,21-23,25,27-29,31,33-47,49,51-53,55,57-59,61,63-65,67,69-78,82H2,1-2H3,(H,85,86)/b8-6-,14-12-,20-18-,26-24-,32-30-,50-48-,56-54-,62-60-,68-66-. The zero-order chi connectivity index (χ0) is 65.8. The van der Waals surface area contributed by atoms with Crippen molar-refractivity contribution in [2.24, 2.45) is 5.73 Å².